The summed E-state index contributed by atoms with van der Waals surface area (Å²) in [5, 5.41) is 0. The molecule has 18 heavy (non-hydrogen) atoms. The fraction of sp³-hybridized carbons (Fsp3) is 0.929. The van der Waals surface area contributed by atoms with Crippen molar-refractivity contribution in [3.63, 3.8) is 0 Å². The van der Waals surface area contributed by atoms with E-state index >= 15 is 0 Å². The summed E-state index contributed by atoms with van der Waals surface area (Å²) in [4.78, 5) is 17.1. The van der Waals surface area contributed by atoms with Crippen molar-refractivity contribution in [1.29, 1.82) is 0 Å². The van der Waals surface area contributed by atoms with Crippen molar-refractivity contribution in [2.24, 2.45) is 11.7 Å². The number of nitrogens with two attached hydrogens (primary N) is 1. The van der Waals surface area contributed by atoms with E-state index in [1.807, 2.05) is 0 Å². The van der Waals surface area contributed by atoms with Gasteiger partial charge < -0.3 is 10.6 Å². The minimum atomic E-state index is 0.0444. The molecule has 2 heterocycles. The number of carbonyl (C=O) groups is 1. The molecule has 2 N–H and O–H groups in total. The highest BCUT2D eigenvalue weighted by Gasteiger charge is 2.32. The Morgan fingerprint density at radius 3 is 2.83 bits per heavy atom. The van der Waals surface area contributed by atoms with Gasteiger partial charge in [-0.1, -0.05) is 13.3 Å². The van der Waals surface area contributed by atoms with Crippen molar-refractivity contribution in [3.8, 4) is 0 Å². The van der Waals surface area contributed by atoms with Gasteiger partial charge in [0.2, 0.25) is 5.91 Å². The summed E-state index contributed by atoms with van der Waals surface area (Å²) < 4.78 is 0. The summed E-state index contributed by atoms with van der Waals surface area (Å²) in [6.07, 6.45) is 5.63. The first kappa shape index (κ1) is 13.8. The van der Waals surface area contributed by atoms with Crippen molar-refractivity contribution in [3.05, 3.63) is 0 Å². The van der Waals surface area contributed by atoms with Gasteiger partial charge >= 0.3 is 0 Å². The lowest BCUT2D eigenvalue weighted by molar-refractivity contribution is -0.135. The maximum Gasteiger partial charge on any atom is 0.227 e. The van der Waals surface area contributed by atoms with Crippen LogP contribution >= 0.6 is 0 Å². The van der Waals surface area contributed by atoms with Gasteiger partial charge in [-0.3, -0.25) is 9.69 Å². The minimum Gasteiger partial charge on any atom is -0.341 e. The van der Waals surface area contributed by atoms with E-state index in [2.05, 4.69) is 16.7 Å². The summed E-state index contributed by atoms with van der Waals surface area (Å²) in [7, 11) is 0. The minimum absolute atomic E-state index is 0.0444. The summed E-state index contributed by atoms with van der Waals surface area (Å²) >= 11 is 0. The Morgan fingerprint density at radius 1 is 1.33 bits per heavy atom. The lowest BCUT2D eigenvalue weighted by Crippen LogP contribution is -2.43. The zero-order valence-electron chi connectivity index (χ0n) is 11.6. The van der Waals surface area contributed by atoms with Gasteiger partial charge in [-0.25, -0.2) is 0 Å². The number of hydrogen-bond donors (Lipinski definition) is 1. The summed E-state index contributed by atoms with van der Waals surface area (Å²) in [5.74, 6) is 0.344. The summed E-state index contributed by atoms with van der Waals surface area (Å²) in [6, 6.07) is 0.608. The maximum atomic E-state index is 12.5. The van der Waals surface area contributed by atoms with Crippen LogP contribution in [0, 0.1) is 5.92 Å². The maximum absolute atomic E-state index is 12.5. The molecule has 0 aromatic heterocycles. The molecule has 4 heteroatoms. The molecule has 0 spiro atoms. The lowest BCUT2D eigenvalue weighted by Gasteiger charge is -2.28. The van der Waals surface area contributed by atoms with E-state index in [4.69, 9.17) is 5.73 Å². The Balaban J connectivity index is 1.96. The topological polar surface area (TPSA) is 49.6 Å². The molecule has 2 rings (SSSR count). The lowest BCUT2D eigenvalue weighted by atomic mass is 10.0. The van der Waals surface area contributed by atoms with Gasteiger partial charge in [-0.05, 0) is 32.2 Å². The van der Waals surface area contributed by atoms with E-state index in [9.17, 15) is 4.79 Å². The van der Waals surface area contributed by atoms with E-state index < -0.39 is 0 Å². The van der Waals surface area contributed by atoms with E-state index in [-0.39, 0.29) is 5.92 Å². The first-order valence-corrected chi connectivity index (χ1v) is 7.49. The molecule has 1 amide bonds. The molecule has 2 atom stereocenters. The van der Waals surface area contributed by atoms with Gasteiger partial charge in [0.15, 0.2) is 0 Å². The van der Waals surface area contributed by atoms with Crippen LogP contribution in [-0.4, -0.2) is 54.5 Å². The van der Waals surface area contributed by atoms with Crippen molar-refractivity contribution in [1.82, 2.24) is 9.80 Å². The smallest absolute Gasteiger partial charge is 0.227 e. The molecule has 2 unspecified atom stereocenters. The van der Waals surface area contributed by atoms with Crippen LogP contribution in [0.25, 0.3) is 0 Å². The second-order valence-electron chi connectivity index (χ2n) is 5.69. The molecule has 0 bridgehead atoms. The van der Waals surface area contributed by atoms with Crippen molar-refractivity contribution >= 4 is 5.91 Å². The van der Waals surface area contributed by atoms with Gasteiger partial charge in [-0.2, -0.15) is 0 Å². The third kappa shape index (κ3) is 3.04. The number of amides is 1. The molecular weight excluding hydrogens is 226 g/mol. The quantitative estimate of drug-likeness (QED) is 0.815. The number of carbonyl (C=O) groups excluding carboxylic acids is 1. The van der Waals surface area contributed by atoms with Crippen LogP contribution in [0.15, 0.2) is 0 Å². The van der Waals surface area contributed by atoms with Crippen LogP contribution in [0.5, 0.6) is 0 Å². The fourth-order valence-corrected chi connectivity index (χ4v) is 3.36. The first-order valence-electron chi connectivity index (χ1n) is 7.49. The molecule has 2 aliphatic heterocycles. The highest BCUT2D eigenvalue weighted by Crippen LogP contribution is 2.22. The predicted octanol–water partition coefficient (Wildman–Crippen LogP) is 1.06. The van der Waals surface area contributed by atoms with Crippen LogP contribution in [0.1, 0.15) is 39.0 Å². The van der Waals surface area contributed by atoms with Gasteiger partial charge in [-0.15, -0.1) is 0 Å². The Kier molecular flexibility index (Phi) is 5.01. The highest BCUT2D eigenvalue weighted by molar-refractivity contribution is 5.79. The molecule has 2 fully saturated rings. The van der Waals surface area contributed by atoms with Gasteiger partial charge in [0.1, 0.15) is 0 Å². The van der Waals surface area contributed by atoms with E-state index in [1.54, 1.807) is 0 Å². The molecule has 0 aliphatic carbocycles. The van der Waals surface area contributed by atoms with Crippen LogP contribution in [-0.2, 0) is 4.79 Å². The SMILES string of the molecule is CCCC(CN)C(=O)N1CCCN2CCCC2C1. The normalized spacial score (nSPS) is 26.8. The van der Waals surface area contributed by atoms with Crippen LogP contribution < -0.4 is 5.73 Å². The standard InChI is InChI=1S/C14H27N3O/c1-2-5-12(10-15)14(18)17-9-4-8-16-7-3-6-13(16)11-17/h12-13H,2-11,15H2,1H3. The van der Waals surface area contributed by atoms with E-state index in [0.717, 1.165) is 38.9 Å². The molecular formula is C14H27N3O. The molecule has 2 aliphatic rings. The number of nitrogens with zero attached hydrogens (tertiary/aromatic N) is 2. The molecule has 104 valence electrons. The Hall–Kier alpha value is -0.610. The van der Waals surface area contributed by atoms with Gasteiger partial charge in [0.25, 0.3) is 0 Å². The number of rotatable bonds is 4. The van der Waals surface area contributed by atoms with Crippen molar-refractivity contribution in [2.75, 3.05) is 32.7 Å². The molecule has 0 saturated carbocycles. The summed E-state index contributed by atoms with van der Waals surface area (Å²) in [5.41, 5.74) is 5.75. The first-order chi connectivity index (χ1) is 8.76. The molecule has 0 aromatic carbocycles. The summed E-state index contributed by atoms with van der Waals surface area (Å²) in [6.45, 7) is 6.86. The third-order valence-corrected chi connectivity index (χ3v) is 4.39. The van der Waals surface area contributed by atoms with E-state index in [0.29, 0.717) is 18.5 Å². The Bertz CT molecular complexity index is 282. The molecule has 0 radical (unpaired) electrons. The monoisotopic (exact) mass is 253 g/mol. The second kappa shape index (κ2) is 6.53. The Labute approximate surface area is 110 Å². The average Bonchev–Trinajstić information content (AvgIpc) is 2.72. The van der Waals surface area contributed by atoms with Gasteiger partial charge in [0.05, 0.1) is 5.92 Å². The molecule has 4 nitrogen and oxygen atoms in total. The molecule has 0 aromatic rings. The van der Waals surface area contributed by atoms with Crippen LogP contribution in [0.2, 0.25) is 0 Å². The van der Waals surface area contributed by atoms with Crippen molar-refractivity contribution < 1.29 is 4.79 Å². The van der Waals surface area contributed by atoms with Crippen molar-refractivity contribution in [2.45, 2.75) is 45.1 Å². The number of fused-ring (bicyclic) bond motifs is 1. The van der Waals surface area contributed by atoms with Crippen LogP contribution in [0.3, 0.4) is 0 Å². The zero-order chi connectivity index (χ0) is 13.0. The van der Waals surface area contributed by atoms with Gasteiger partial charge in [0, 0.05) is 32.2 Å². The predicted molar refractivity (Wildman–Crippen MR) is 73.2 cm³/mol. The third-order valence-electron chi connectivity index (χ3n) is 4.39. The average molecular weight is 253 g/mol. The number of hydrogen-bond acceptors (Lipinski definition) is 3. The largest absolute Gasteiger partial charge is 0.341 e. The highest BCUT2D eigenvalue weighted by atomic mass is 16.2. The zero-order valence-corrected chi connectivity index (χ0v) is 11.6. The molecule has 2 saturated heterocycles. The van der Waals surface area contributed by atoms with E-state index in [1.165, 1.54) is 19.4 Å². The second-order valence-corrected chi connectivity index (χ2v) is 5.69. The van der Waals surface area contributed by atoms with Crippen LogP contribution in [0.4, 0.5) is 0 Å². The Morgan fingerprint density at radius 2 is 2.11 bits per heavy atom. The fourth-order valence-electron chi connectivity index (χ4n) is 3.36.